The summed E-state index contributed by atoms with van der Waals surface area (Å²) in [5.41, 5.74) is 0.932. The fourth-order valence-electron chi connectivity index (χ4n) is 3.63. The largest absolute Gasteiger partial charge is 0.416 e. The molecule has 0 bridgehead atoms. The summed E-state index contributed by atoms with van der Waals surface area (Å²) in [6.07, 6.45) is -0.0434. The van der Waals surface area contributed by atoms with E-state index in [1.165, 1.54) is 18.5 Å². The molecule has 9 nitrogen and oxygen atoms in total. The molecule has 1 fully saturated rings. The molecule has 1 saturated heterocycles. The van der Waals surface area contributed by atoms with Crippen LogP contribution in [0.2, 0.25) is 0 Å². The molecule has 1 rings (SSSR count). The summed E-state index contributed by atoms with van der Waals surface area (Å²) >= 11 is 0. The Kier molecular flexibility index (Phi) is 12.9. The van der Waals surface area contributed by atoms with Crippen molar-refractivity contribution in [2.45, 2.75) is 64.6 Å². The topological polar surface area (TPSA) is 128 Å². The lowest BCUT2D eigenvalue weighted by atomic mass is 10.0. The number of rotatable bonds is 12. The van der Waals surface area contributed by atoms with Crippen molar-refractivity contribution in [1.82, 2.24) is 21.0 Å². The maximum atomic E-state index is 12.7. The van der Waals surface area contributed by atoms with Gasteiger partial charge in [-0.05, 0) is 32.6 Å². The predicted octanol–water partition coefficient (Wildman–Crippen LogP) is 2.53. The van der Waals surface area contributed by atoms with E-state index >= 15 is 0 Å². The highest BCUT2D eigenvalue weighted by Gasteiger charge is 2.31. The molecular weight excluding hydrogens is 481 g/mol. The molecular formula is C24H35F3N4O5. The molecule has 0 aromatic rings. The average Bonchev–Trinajstić information content (AvgIpc) is 2.84. The molecule has 0 aromatic heterocycles. The molecule has 1 atom stereocenters. The number of halogens is 3. The summed E-state index contributed by atoms with van der Waals surface area (Å²) in [6.45, 7) is 7.37. The Balaban J connectivity index is 2.42. The Bertz CT molecular complexity index is 862. The number of hydrogen-bond donors (Lipinski definition) is 4. The van der Waals surface area contributed by atoms with Gasteiger partial charge in [0.2, 0.25) is 23.6 Å². The predicted molar refractivity (Wildman–Crippen MR) is 126 cm³/mol. The summed E-state index contributed by atoms with van der Waals surface area (Å²) in [4.78, 5) is 49.8. The number of amides is 4. The van der Waals surface area contributed by atoms with E-state index in [1.54, 1.807) is 11.8 Å². The highest BCUT2D eigenvalue weighted by atomic mass is 19.4. The van der Waals surface area contributed by atoms with Crippen LogP contribution in [-0.4, -0.2) is 65.6 Å². The van der Waals surface area contributed by atoms with E-state index in [0.29, 0.717) is 37.9 Å². The van der Waals surface area contributed by atoms with E-state index in [9.17, 15) is 32.3 Å². The average molecular weight is 517 g/mol. The molecule has 1 aliphatic rings. The SMILES string of the molecule is C=CC(=CC/C=C(\C)C(=O)NC1CCN(C(=O)CCNC(=O)C(CC)CC(=O)NO)CC1)C(F)(F)F. The quantitative estimate of drug-likeness (QED) is 0.137. The Morgan fingerprint density at radius 1 is 1.17 bits per heavy atom. The molecule has 0 spiro atoms. The van der Waals surface area contributed by atoms with Crippen molar-refractivity contribution in [3.63, 3.8) is 0 Å². The number of piperidine rings is 1. The zero-order chi connectivity index (χ0) is 27.3. The normalized spacial score (nSPS) is 16.2. The summed E-state index contributed by atoms with van der Waals surface area (Å²) in [5, 5.41) is 14.1. The molecule has 0 aromatic carbocycles. The fourth-order valence-corrected chi connectivity index (χ4v) is 3.63. The van der Waals surface area contributed by atoms with Gasteiger partial charge in [0, 0.05) is 50.0 Å². The highest BCUT2D eigenvalue weighted by Crippen LogP contribution is 2.26. The van der Waals surface area contributed by atoms with Gasteiger partial charge in [0.15, 0.2) is 0 Å². The van der Waals surface area contributed by atoms with Gasteiger partial charge in [-0.25, -0.2) is 5.48 Å². The van der Waals surface area contributed by atoms with Crippen LogP contribution >= 0.6 is 0 Å². The van der Waals surface area contributed by atoms with E-state index in [0.717, 1.165) is 12.2 Å². The zero-order valence-corrected chi connectivity index (χ0v) is 20.6. The van der Waals surface area contributed by atoms with Gasteiger partial charge in [0.25, 0.3) is 0 Å². The number of allylic oxidation sites excluding steroid dienone is 4. The summed E-state index contributed by atoms with van der Waals surface area (Å²) in [7, 11) is 0. The molecule has 0 radical (unpaired) electrons. The Morgan fingerprint density at radius 2 is 1.81 bits per heavy atom. The van der Waals surface area contributed by atoms with Crippen molar-refractivity contribution in [3.8, 4) is 0 Å². The van der Waals surface area contributed by atoms with Crippen molar-refractivity contribution in [2.24, 2.45) is 5.92 Å². The number of carbonyl (C=O) groups excluding carboxylic acids is 4. The van der Waals surface area contributed by atoms with Gasteiger partial charge in [-0.15, -0.1) is 0 Å². The van der Waals surface area contributed by atoms with Gasteiger partial charge in [-0.3, -0.25) is 24.4 Å². The second kappa shape index (κ2) is 15.1. The zero-order valence-electron chi connectivity index (χ0n) is 20.6. The van der Waals surface area contributed by atoms with Crippen LogP contribution in [-0.2, 0) is 19.2 Å². The minimum Gasteiger partial charge on any atom is -0.355 e. The van der Waals surface area contributed by atoms with Crippen molar-refractivity contribution in [2.75, 3.05) is 19.6 Å². The molecule has 1 aliphatic heterocycles. The first-order valence-corrected chi connectivity index (χ1v) is 11.8. The van der Waals surface area contributed by atoms with Crippen LogP contribution in [0, 0.1) is 5.92 Å². The maximum Gasteiger partial charge on any atom is 0.416 e. The van der Waals surface area contributed by atoms with Crippen LogP contribution in [0.15, 0.2) is 36.0 Å². The molecule has 0 aliphatic carbocycles. The monoisotopic (exact) mass is 516 g/mol. The summed E-state index contributed by atoms with van der Waals surface area (Å²) in [6, 6.07) is -0.165. The van der Waals surface area contributed by atoms with Gasteiger partial charge < -0.3 is 15.5 Å². The summed E-state index contributed by atoms with van der Waals surface area (Å²) in [5.74, 6) is -2.15. The number of nitrogens with zero attached hydrogens (tertiary/aromatic N) is 1. The molecule has 202 valence electrons. The molecule has 0 saturated carbocycles. The van der Waals surface area contributed by atoms with E-state index in [2.05, 4.69) is 17.2 Å². The third kappa shape index (κ3) is 10.6. The van der Waals surface area contributed by atoms with Gasteiger partial charge in [-0.1, -0.05) is 31.7 Å². The Labute approximate surface area is 208 Å². The lowest BCUT2D eigenvalue weighted by Crippen LogP contribution is -2.47. The van der Waals surface area contributed by atoms with Gasteiger partial charge in [0.1, 0.15) is 0 Å². The Hall–Kier alpha value is -3.15. The number of nitrogens with one attached hydrogen (secondary N) is 3. The second-order valence-corrected chi connectivity index (χ2v) is 8.50. The molecule has 36 heavy (non-hydrogen) atoms. The van der Waals surface area contributed by atoms with Crippen LogP contribution in [0.1, 0.15) is 52.4 Å². The van der Waals surface area contributed by atoms with Gasteiger partial charge >= 0.3 is 6.18 Å². The number of likely N-dealkylation sites (tertiary alicyclic amines) is 1. The first kappa shape index (κ1) is 30.9. The third-order valence-corrected chi connectivity index (χ3v) is 5.91. The van der Waals surface area contributed by atoms with E-state index in [-0.39, 0.29) is 49.6 Å². The van der Waals surface area contributed by atoms with Crippen LogP contribution < -0.4 is 16.1 Å². The van der Waals surface area contributed by atoms with Crippen LogP contribution in [0.5, 0.6) is 0 Å². The number of alkyl halides is 3. The van der Waals surface area contributed by atoms with Crippen LogP contribution in [0.4, 0.5) is 13.2 Å². The lowest BCUT2D eigenvalue weighted by molar-refractivity contribution is -0.135. The van der Waals surface area contributed by atoms with Crippen molar-refractivity contribution in [3.05, 3.63) is 36.0 Å². The number of carbonyl (C=O) groups is 4. The fraction of sp³-hybridized carbons (Fsp3) is 0.583. The maximum absolute atomic E-state index is 12.7. The van der Waals surface area contributed by atoms with Crippen LogP contribution in [0.25, 0.3) is 0 Å². The molecule has 1 heterocycles. The number of hydroxylamine groups is 1. The minimum absolute atomic E-state index is 0.0583. The first-order valence-electron chi connectivity index (χ1n) is 11.8. The lowest BCUT2D eigenvalue weighted by Gasteiger charge is -2.32. The molecule has 12 heteroatoms. The van der Waals surface area contributed by atoms with Gasteiger partial charge in [-0.2, -0.15) is 13.2 Å². The third-order valence-electron chi connectivity index (χ3n) is 5.91. The van der Waals surface area contributed by atoms with Crippen molar-refractivity contribution in [1.29, 1.82) is 0 Å². The molecule has 4 N–H and O–H groups in total. The Morgan fingerprint density at radius 3 is 2.33 bits per heavy atom. The standard InChI is InChI=1S/C24H35F3N4O5/c1-4-17(15-20(32)30-36)23(35)28-12-9-21(33)31-13-10-19(11-14-31)29-22(34)16(3)7-6-8-18(5-2)24(25,26)27/h5,7-8,17,19,36H,2,4,6,9-15H2,1,3H3,(H,28,35)(H,29,34)(H,30,32)/b16-7+,18-8?. The summed E-state index contributed by atoms with van der Waals surface area (Å²) < 4.78 is 38.1. The second-order valence-electron chi connectivity index (χ2n) is 8.50. The molecule has 1 unspecified atom stereocenters. The van der Waals surface area contributed by atoms with Gasteiger partial charge in [0.05, 0.1) is 5.57 Å². The number of hydrogen-bond acceptors (Lipinski definition) is 5. The van der Waals surface area contributed by atoms with E-state index in [4.69, 9.17) is 5.21 Å². The van der Waals surface area contributed by atoms with E-state index < -0.39 is 23.6 Å². The first-order chi connectivity index (χ1) is 16.9. The van der Waals surface area contributed by atoms with E-state index in [1.807, 2.05) is 0 Å². The molecule has 4 amide bonds. The highest BCUT2D eigenvalue weighted by molar-refractivity contribution is 5.93. The smallest absolute Gasteiger partial charge is 0.355 e. The van der Waals surface area contributed by atoms with Crippen molar-refractivity contribution >= 4 is 23.6 Å². The minimum atomic E-state index is -4.49. The van der Waals surface area contributed by atoms with Crippen molar-refractivity contribution < 1.29 is 37.6 Å². The van der Waals surface area contributed by atoms with Crippen LogP contribution in [0.3, 0.4) is 0 Å².